The Morgan fingerprint density at radius 2 is 1.20 bits per heavy atom. The van der Waals surface area contributed by atoms with Crippen LogP contribution in [0.1, 0.15) is 135 Å². The molecule has 3 N–H and O–H groups in total. The largest absolute Gasteiger partial charge is 1.00 e. The van der Waals surface area contributed by atoms with Crippen molar-refractivity contribution in [1.82, 2.24) is 0 Å². The Hall–Kier alpha value is -2.01. The third kappa shape index (κ3) is 10.3. The minimum atomic E-state index is -1.05. The van der Waals surface area contributed by atoms with Gasteiger partial charge in [-0.15, -0.1) is 22.7 Å². The number of thiophene rings is 2. The van der Waals surface area contributed by atoms with Crippen LogP contribution < -0.4 is 34.3 Å². The summed E-state index contributed by atoms with van der Waals surface area (Å²) >= 11 is 2.97. The van der Waals surface area contributed by atoms with E-state index in [2.05, 4.69) is 55.4 Å². The summed E-state index contributed by atoms with van der Waals surface area (Å²) in [5, 5.41) is 18.0. The van der Waals surface area contributed by atoms with Crippen molar-refractivity contribution in [3.8, 4) is 5.75 Å². The number of ether oxygens (including phenoxy) is 1. The first-order valence-corrected chi connectivity index (χ1v) is 14.7. The number of carbonyl (C=O) groups is 3. The quantitative estimate of drug-likeness (QED) is 0.224. The second kappa shape index (κ2) is 17.2. The summed E-state index contributed by atoms with van der Waals surface area (Å²) in [5.74, 6) is 0.0323. The first-order valence-electron chi connectivity index (χ1n) is 13.1. The molecule has 0 aliphatic carbocycles. The molecule has 0 unspecified atom stereocenters. The normalized spacial score (nSPS) is 10.7. The molecular weight excluding hydrogens is 571 g/mol. The van der Waals surface area contributed by atoms with Gasteiger partial charge < -0.3 is 20.4 Å². The van der Waals surface area contributed by atoms with E-state index in [1.54, 1.807) is 23.5 Å². The van der Waals surface area contributed by atoms with Gasteiger partial charge in [0.1, 0.15) is 16.2 Å². The maximum absolute atomic E-state index is 12.7. The van der Waals surface area contributed by atoms with Crippen LogP contribution in [0.5, 0.6) is 5.75 Å². The summed E-state index contributed by atoms with van der Waals surface area (Å²) in [5.41, 5.74) is 3.26. The van der Waals surface area contributed by atoms with Crippen LogP contribution in [-0.2, 0) is 6.42 Å². The standard InChI is InChI=1S/C20H24O4S.C11H16O2S.Na.H2O/c1-11(2)15-10-18(25-19(15)12(3)4)16(21)8-13-6-7-14(20(22)23)17(9-13)24-5;1-6(2)8-5-9(11(12)13)14-10(8)7(3)4;;/h6-7,9-12H,8H2,1-5H3,(H,22,23);5-7H,1-4H3,(H,12,13);;1H2/q;;+1;/p-1. The average Bonchev–Trinajstić information content (AvgIpc) is 3.50. The number of aromatic carboxylic acids is 2. The van der Waals surface area contributed by atoms with Gasteiger partial charge >= 0.3 is 41.5 Å². The number of ketones is 1. The number of carbonyl (C=O) groups excluding carboxylic acids is 1. The van der Waals surface area contributed by atoms with Gasteiger partial charge in [0.2, 0.25) is 0 Å². The van der Waals surface area contributed by atoms with E-state index in [1.807, 2.05) is 12.1 Å². The molecule has 1 aromatic carbocycles. The van der Waals surface area contributed by atoms with Crippen molar-refractivity contribution in [2.45, 2.75) is 85.5 Å². The number of benzene rings is 1. The Morgan fingerprint density at radius 1 is 0.732 bits per heavy atom. The van der Waals surface area contributed by atoms with E-state index in [0.29, 0.717) is 28.5 Å². The van der Waals surface area contributed by atoms with Crippen LogP contribution in [-0.4, -0.2) is 40.5 Å². The molecule has 3 rings (SSSR count). The molecule has 0 saturated carbocycles. The number of rotatable bonds is 10. The Balaban J connectivity index is 0.000000857. The van der Waals surface area contributed by atoms with Gasteiger partial charge in [0.15, 0.2) is 5.78 Å². The summed E-state index contributed by atoms with van der Waals surface area (Å²) < 4.78 is 5.13. The van der Waals surface area contributed by atoms with Crippen LogP contribution in [0.25, 0.3) is 0 Å². The van der Waals surface area contributed by atoms with Crippen LogP contribution in [0.15, 0.2) is 30.3 Å². The van der Waals surface area contributed by atoms with Gasteiger partial charge in [-0.05, 0) is 64.6 Å². The summed E-state index contributed by atoms with van der Waals surface area (Å²) in [6, 6.07) is 8.60. The molecule has 0 bridgehead atoms. The Kier molecular flexibility index (Phi) is 16.3. The predicted octanol–water partition coefficient (Wildman–Crippen LogP) is 5.65. The molecule has 0 aliphatic rings. The van der Waals surface area contributed by atoms with Crippen molar-refractivity contribution < 1.29 is 64.4 Å². The number of hydrogen-bond acceptors (Lipinski definition) is 7. The van der Waals surface area contributed by atoms with Crippen LogP contribution in [0.4, 0.5) is 0 Å². The van der Waals surface area contributed by atoms with E-state index < -0.39 is 11.9 Å². The molecule has 220 valence electrons. The van der Waals surface area contributed by atoms with Crippen molar-refractivity contribution in [3.63, 3.8) is 0 Å². The minimum absolute atomic E-state index is 0. The first-order chi connectivity index (χ1) is 18.2. The van der Waals surface area contributed by atoms with Gasteiger partial charge in [0.25, 0.3) is 0 Å². The minimum Gasteiger partial charge on any atom is -0.870 e. The molecule has 0 aliphatic heterocycles. The van der Waals surface area contributed by atoms with Crippen LogP contribution >= 0.6 is 22.7 Å². The Bertz CT molecular complexity index is 1270. The van der Waals surface area contributed by atoms with Gasteiger partial charge in [-0.1, -0.05) is 61.5 Å². The maximum atomic E-state index is 12.7. The zero-order valence-electron chi connectivity index (χ0n) is 25.7. The van der Waals surface area contributed by atoms with Crippen molar-refractivity contribution in [3.05, 3.63) is 72.1 Å². The number of hydrogen-bond donors (Lipinski definition) is 2. The van der Waals surface area contributed by atoms with Gasteiger partial charge in [0, 0.05) is 16.2 Å². The van der Waals surface area contributed by atoms with Crippen molar-refractivity contribution in [2.75, 3.05) is 7.11 Å². The fourth-order valence-electron chi connectivity index (χ4n) is 4.18. The molecular formula is C31H41NaO7S2. The molecule has 7 nitrogen and oxygen atoms in total. The summed E-state index contributed by atoms with van der Waals surface area (Å²) in [6.45, 7) is 16.9. The van der Waals surface area contributed by atoms with Gasteiger partial charge in [-0.25, -0.2) is 9.59 Å². The Morgan fingerprint density at radius 3 is 1.56 bits per heavy atom. The second-order valence-electron chi connectivity index (χ2n) is 10.7. The molecule has 41 heavy (non-hydrogen) atoms. The Labute approximate surface area is 273 Å². The topological polar surface area (TPSA) is 131 Å². The number of methoxy groups -OCH3 is 1. The molecule has 0 radical (unpaired) electrons. The van der Waals surface area contributed by atoms with E-state index in [1.165, 1.54) is 45.4 Å². The summed E-state index contributed by atoms with van der Waals surface area (Å²) in [7, 11) is 1.43. The molecule has 0 atom stereocenters. The van der Waals surface area contributed by atoms with E-state index in [-0.39, 0.29) is 58.6 Å². The fourth-order valence-corrected chi connectivity index (χ4v) is 6.60. The fraction of sp³-hybridized carbons (Fsp3) is 0.452. The molecule has 0 fully saturated rings. The monoisotopic (exact) mass is 612 g/mol. The zero-order chi connectivity index (χ0) is 29.6. The van der Waals surface area contributed by atoms with Crippen molar-refractivity contribution >= 4 is 40.4 Å². The summed E-state index contributed by atoms with van der Waals surface area (Å²) in [4.78, 5) is 38.4. The average molecular weight is 613 g/mol. The van der Waals surface area contributed by atoms with Gasteiger partial charge in [0.05, 0.1) is 12.0 Å². The molecule has 3 aromatic rings. The zero-order valence-corrected chi connectivity index (χ0v) is 29.3. The third-order valence-corrected chi connectivity index (χ3v) is 9.15. The molecule has 0 amide bonds. The van der Waals surface area contributed by atoms with E-state index in [9.17, 15) is 14.4 Å². The molecule has 2 aromatic heterocycles. The molecule has 10 heteroatoms. The van der Waals surface area contributed by atoms with Crippen LogP contribution in [0, 0.1) is 0 Å². The van der Waals surface area contributed by atoms with E-state index in [0.717, 1.165) is 10.4 Å². The number of Topliss-reactive ketones (excluding diaryl/α,β-unsaturated/α-hetero) is 1. The third-order valence-electron chi connectivity index (χ3n) is 6.22. The van der Waals surface area contributed by atoms with Gasteiger partial charge in [-0.2, -0.15) is 0 Å². The smallest absolute Gasteiger partial charge is 0.870 e. The molecule has 2 heterocycles. The van der Waals surface area contributed by atoms with E-state index in [4.69, 9.17) is 14.9 Å². The maximum Gasteiger partial charge on any atom is 1.00 e. The SMILES string of the molecule is CC(C)c1cc(C(=O)O)sc1C(C)C.COc1cc(CC(=O)c2cc(C(C)C)c(C(C)C)s2)ccc1C(=O)O.[Na+].[OH-]. The van der Waals surface area contributed by atoms with Gasteiger partial charge in [-0.3, -0.25) is 4.79 Å². The van der Waals surface area contributed by atoms with E-state index >= 15 is 0 Å². The van der Waals surface area contributed by atoms with Crippen LogP contribution in [0.3, 0.4) is 0 Å². The number of carboxylic acid groups (broad SMARTS) is 2. The van der Waals surface area contributed by atoms with Crippen molar-refractivity contribution in [1.29, 1.82) is 0 Å². The molecule has 0 saturated heterocycles. The van der Waals surface area contributed by atoms with Crippen LogP contribution in [0.2, 0.25) is 0 Å². The second-order valence-corrected chi connectivity index (χ2v) is 12.9. The number of carboxylic acids is 2. The predicted molar refractivity (Wildman–Crippen MR) is 162 cm³/mol. The first kappa shape index (κ1) is 39.0. The molecule has 0 spiro atoms. The summed E-state index contributed by atoms with van der Waals surface area (Å²) in [6.07, 6.45) is 0.228. The van der Waals surface area contributed by atoms with Crippen molar-refractivity contribution in [2.24, 2.45) is 0 Å².